The number of aromatic nitrogens is 8. The van der Waals surface area contributed by atoms with Crippen LogP contribution in [0.15, 0.2) is 41.6 Å². The molecule has 10 nitrogen and oxygen atoms in total. The Kier molecular flexibility index (Phi) is 5.40. The van der Waals surface area contributed by atoms with Gasteiger partial charge in [-0.05, 0) is 31.9 Å². The molecule has 0 radical (unpaired) electrons. The summed E-state index contributed by atoms with van der Waals surface area (Å²) in [4.78, 5) is 15.9. The Labute approximate surface area is 190 Å². The predicted molar refractivity (Wildman–Crippen MR) is 110 cm³/mol. The molecule has 5 rings (SSSR count). The number of halogens is 3. The van der Waals surface area contributed by atoms with Crippen LogP contribution in [0.4, 0.5) is 13.2 Å². The van der Waals surface area contributed by atoms with Crippen molar-refractivity contribution in [3.8, 4) is 11.4 Å². The van der Waals surface area contributed by atoms with E-state index in [0.717, 1.165) is 18.9 Å². The molecule has 1 atom stereocenters. The number of hydrogen-bond donors (Lipinski definition) is 1. The van der Waals surface area contributed by atoms with Crippen LogP contribution >= 0.6 is 0 Å². The first-order valence-corrected chi connectivity index (χ1v) is 10.3. The highest BCUT2D eigenvalue weighted by Crippen LogP contribution is 2.41. The molecule has 0 spiro atoms. The van der Waals surface area contributed by atoms with E-state index < -0.39 is 18.0 Å². The van der Waals surface area contributed by atoms with E-state index in [1.807, 2.05) is 0 Å². The highest BCUT2D eigenvalue weighted by atomic mass is 19.4. The van der Waals surface area contributed by atoms with E-state index in [9.17, 15) is 18.3 Å². The summed E-state index contributed by atoms with van der Waals surface area (Å²) in [6.07, 6.45) is 3.29. The van der Waals surface area contributed by atoms with Crippen LogP contribution in [0.5, 0.6) is 0 Å². The normalized spacial score (nSPS) is 15.5. The minimum absolute atomic E-state index is 0.0149. The predicted octanol–water partition coefficient (Wildman–Crippen LogP) is 3.51. The van der Waals surface area contributed by atoms with Gasteiger partial charge >= 0.3 is 6.18 Å². The van der Waals surface area contributed by atoms with E-state index in [1.165, 1.54) is 42.9 Å². The second-order valence-corrected chi connectivity index (χ2v) is 7.78. The molecule has 0 bridgehead atoms. The Morgan fingerprint density at radius 2 is 1.97 bits per heavy atom. The molecule has 0 amide bonds. The zero-order valence-corrected chi connectivity index (χ0v) is 17.7. The van der Waals surface area contributed by atoms with Gasteiger partial charge in [0.1, 0.15) is 24.5 Å². The third-order valence-electron chi connectivity index (χ3n) is 5.06. The van der Waals surface area contributed by atoms with Crippen molar-refractivity contribution in [1.82, 2.24) is 39.9 Å². The van der Waals surface area contributed by atoms with E-state index in [-0.39, 0.29) is 29.1 Å². The lowest BCUT2D eigenvalue weighted by Gasteiger charge is -2.09. The third kappa shape index (κ3) is 4.55. The summed E-state index contributed by atoms with van der Waals surface area (Å²) < 4.78 is 47.0. The van der Waals surface area contributed by atoms with Crippen molar-refractivity contribution in [3.05, 3.63) is 65.9 Å². The molecule has 13 heteroatoms. The van der Waals surface area contributed by atoms with Crippen molar-refractivity contribution in [2.24, 2.45) is 0 Å². The van der Waals surface area contributed by atoms with Gasteiger partial charge in [0.15, 0.2) is 5.82 Å². The molecule has 1 saturated carbocycles. The van der Waals surface area contributed by atoms with E-state index in [2.05, 4.69) is 35.2 Å². The van der Waals surface area contributed by atoms with Crippen LogP contribution in [-0.2, 0) is 6.18 Å². The van der Waals surface area contributed by atoms with Crippen LogP contribution in [0.3, 0.4) is 0 Å². The average Bonchev–Trinajstić information content (AvgIpc) is 3.36. The van der Waals surface area contributed by atoms with Gasteiger partial charge in [0.25, 0.3) is 0 Å². The summed E-state index contributed by atoms with van der Waals surface area (Å²) in [5.74, 6) is 0.210. The minimum atomic E-state index is -4.58. The van der Waals surface area contributed by atoms with Gasteiger partial charge in [-0.3, -0.25) is 0 Å². The highest BCUT2D eigenvalue weighted by Gasteiger charge is 2.35. The van der Waals surface area contributed by atoms with Crippen molar-refractivity contribution in [2.45, 2.75) is 38.0 Å². The van der Waals surface area contributed by atoms with Gasteiger partial charge in [0, 0.05) is 41.3 Å². The SMILES string of the molecule is CC(O)c1nnc(/C(=C/n2cnc(-c3cc(C4CC4)nc(C(F)(F)F)c3)n2)c2cncnc2)o1. The largest absolute Gasteiger partial charge is 0.433 e. The zero-order chi connectivity index (χ0) is 23.9. The second kappa shape index (κ2) is 8.41. The lowest BCUT2D eigenvalue weighted by Crippen LogP contribution is -2.10. The van der Waals surface area contributed by atoms with Gasteiger partial charge in [0.05, 0.1) is 5.57 Å². The van der Waals surface area contributed by atoms with Crippen LogP contribution in [-0.4, -0.2) is 45.0 Å². The Morgan fingerprint density at radius 1 is 1.21 bits per heavy atom. The molecule has 0 aromatic carbocycles. The van der Waals surface area contributed by atoms with E-state index in [0.29, 0.717) is 16.8 Å². The summed E-state index contributed by atoms with van der Waals surface area (Å²) >= 11 is 0. The highest BCUT2D eigenvalue weighted by molar-refractivity contribution is 5.82. The molecule has 34 heavy (non-hydrogen) atoms. The minimum Gasteiger partial charge on any atom is -0.418 e. The number of aliphatic hydroxyl groups excluding tert-OH is 1. The van der Waals surface area contributed by atoms with Crippen LogP contribution < -0.4 is 0 Å². The van der Waals surface area contributed by atoms with Crippen LogP contribution in [0.1, 0.15) is 60.5 Å². The maximum Gasteiger partial charge on any atom is 0.433 e. The van der Waals surface area contributed by atoms with Crippen LogP contribution in [0.25, 0.3) is 23.2 Å². The Morgan fingerprint density at radius 3 is 2.62 bits per heavy atom. The maximum atomic E-state index is 13.4. The number of rotatable bonds is 6. The first-order chi connectivity index (χ1) is 16.3. The molecule has 1 aliphatic rings. The van der Waals surface area contributed by atoms with E-state index in [4.69, 9.17) is 4.42 Å². The van der Waals surface area contributed by atoms with E-state index >= 15 is 0 Å². The Hall–Kier alpha value is -4.00. The fourth-order valence-corrected chi connectivity index (χ4v) is 3.22. The fraction of sp³-hybridized carbons (Fsp3) is 0.286. The molecule has 0 aliphatic heterocycles. The number of pyridine rings is 1. The van der Waals surface area contributed by atoms with Crippen molar-refractivity contribution in [2.75, 3.05) is 0 Å². The molecule has 1 fully saturated rings. The van der Waals surface area contributed by atoms with Gasteiger partial charge in [-0.2, -0.15) is 13.2 Å². The summed E-state index contributed by atoms with van der Waals surface area (Å²) in [6.45, 7) is 1.48. The maximum absolute atomic E-state index is 13.4. The Balaban J connectivity index is 1.55. The van der Waals surface area contributed by atoms with E-state index in [1.54, 1.807) is 6.07 Å². The molecule has 1 unspecified atom stereocenters. The van der Waals surface area contributed by atoms with Crippen molar-refractivity contribution < 1.29 is 22.7 Å². The average molecular weight is 470 g/mol. The Bertz CT molecular complexity index is 1340. The van der Waals surface area contributed by atoms with Gasteiger partial charge in [-0.1, -0.05) is 0 Å². The topological polar surface area (TPSA) is 129 Å². The zero-order valence-electron chi connectivity index (χ0n) is 17.7. The molecule has 174 valence electrons. The summed E-state index contributed by atoms with van der Waals surface area (Å²) in [6, 6.07) is 2.53. The second-order valence-electron chi connectivity index (χ2n) is 7.78. The molecule has 1 N–H and O–H groups in total. The molecular weight excluding hydrogens is 453 g/mol. The quantitative estimate of drug-likeness (QED) is 0.450. The summed E-state index contributed by atoms with van der Waals surface area (Å²) in [5, 5.41) is 21.8. The van der Waals surface area contributed by atoms with Crippen molar-refractivity contribution >= 4 is 11.8 Å². The smallest absolute Gasteiger partial charge is 0.418 e. The van der Waals surface area contributed by atoms with Gasteiger partial charge in [-0.15, -0.1) is 15.3 Å². The van der Waals surface area contributed by atoms with Gasteiger partial charge < -0.3 is 9.52 Å². The number of hydrogen-bond acceptors (Lipinski definition) is 9. The van der Waals surface area contributed by atoms with Crippen molar-refractivity contribution in [1.29, 1.82) is 0 Å². The first-order valence-electron chi connectivity index (χ1n) is 10.3. The number of nitrogens with zero attached hydrogens (tertiary/aromatic N) is 8. The standard InChI is InChI=1S/C21H17F3N8O2/c1-11(33)19-29-30-20(34-19)15(14-6-25-9-26-7-14)8-32-10-27-18(31-32)13-4-16(12-2-3-12)28-17(5-13)21(22,23)24/h4-12,33H,2-3H2,1H3/b15-8+. The summed E-state index contributed by atoms with van der Waals surface area (Å²) in [5.41, 5.74) is 0.517. The number of alkyl halides is 3. The lowest BCUT2D eigenvalue weighted by molar-refractivity contribution is -0.141. The van der Waals surface area contributed by atoms with Crippen LogP contribution in [0.2, 0.25) is 0 Å². The molecule has 0 saturated heterocycles. The lowest BCUT2D eigenvalue weighted by atomic mass is 10.1. The molecule has 4 aromatic rings. The number of aliphatic hydroxyl groups is 1. The van der Waals surface area contributed by atoms with Gasteiger partial charge in [0.2, 0.25) is 11.8 Å². The summed E-state index contributed by atoms with van der Waals surface area (Å²) in [7, 11) is 0. The third-order valence-corrected chi connectivity index (χ3v) is 5.06. The monoisotopic (exact) mass is 470 g/mol. The first kappa shape index (κ1) is 21.8. The van der Waals surface area contributed by atoms with Crippen molar-refractivity contribution in [3.63, 3.8) is 0 Å². The van der Waals surface area contributed by atoms with Crippen LogP contribution in [0, 0.1) is 0 Å². The fourth-order valence-electron chi connectivity index (χ4n) is 3.22. The molecule has 1 aliphatic carbocycles. The molecule has 4 aromatic heterocycles. The van der Waals surface area contributed by atoms with Gasteiger partial charge in [-0.25, -0.2) is 24.6 Å². The molecule has 4 heterocycles. The molecular formula is C21H17F3N8O2.